The van der Waals surface area contributed by atoms with Gasteiger partial charge in [0.05, 0.1) is 11.3 Å². The van der Waals surface area contributed by atoms with Crippen LogP contribution in [0.15, 0.2) is 58.1 Å². The summed E-state index contributed by atoms with van der Waals surface area (Å²) in [5.74, 6) is -0.666. The molecule has 32 heavy (non-hydrogen) atoms. The largest absolute Gasteiger partial charge is 0.505 e. The van der Waals surface area contributed by atoms with Gasteiger partial charge in [-0.05, 0) is 31.5 Å². The molecular formula is C23H27N5O4. The number of nitrogens with zero attached hydrogens (tertiary/aromatic N) is 2. The van der Waals surface area contributed by atoms with Crippen molar-refractivity contribution in [2.24, 2.45) is 7.05 Å². The summed E-state index contributed by atoms with van der Waals surface area (Å²) in [4.78, 5) is 39.6. The van der Waals surface area contributed by atoms with Gasteiger partial charge in [-0.3, -0.25) is 24.2 Å². The molecule has 168 valence electrons. The lowest BCUT2D eigenvalue weighted by atomic mass is 10.1. The second kappa shape index (κ2) is 9.42. The third-order valence-corrected chi connectivity index (χ3v) is 5.20. The van der Waals surface area contributed by atoms with Crippen LogP contribution in [0.4, 0.5) is 17.1 Å². The van der Waals surface area contributed by atoms with Gasteiger partial charge in [0.15, 0.2) is 5.75 Å². The first-order chi connectivity index (χ1) is 15.2. The molecular weight excluding hydrogens is 410 g/mol. The van der Waals surface area contributed by atoms with Gasteiger partial charge in [-0.2, -0.15) is 0 Å². The maximum absolute atomic E-state index is 12.7. The van der Waals surface area contributed by atoms with E-state index in [4.69, 9.17) is 0 Å². The third-order valence-electron chi connectivity index (χ3n) is 5.20. The van der Waals surface area contributed by atoms with Gasteiger partial charge in [0.1, 0.15) is 11.4 Å². The molecule has 2 aromatic carbocycles. The van der Waals surface area contributed by atoms with Crippen LogP contribution in [0.5, 0.6) is 5.75 Å². The molecule has 0 aliphatic heterocycles. The molecule has 9 nitrogen and oxygen atoms in total. The number of anilines is 3. The van der Waals surface area contributed by atoms with Gasteiger partial charge in [0.25, 0.3) is 17.0 Å². The van der Waals surface area contributed by atoms with Crippen molar-refractivity contribution in [3.8, 4) is 5.75 Å². The van der Waals surface area contributed by atoms with Crippen molar-refractivity contribution in [2.45, 2.75) is 26.4 Å². The van der Waals surface area contributed by atoms with Gasteiger partial charge in [0, 0.05) is 26.7 Å². The maximum Gasteiger partial charge on any atom is 0.290 e. The second-order valence-corrected chi connectivity index (χ2v) is 7.73. The SMILES string of the molecule is CC(C)N(C)C(=O)c1cccc(Nc2c(NCc3ccccc3)c(=O)n(C)[nH]c2=O)c1O. The Morgan fingerprint density at radius 1 is 1.09 bits per heavy atom. The summed E-state index contributed by atoms with van der Waals surface area (Å²) in [6, 6.07) is 14.0. The number of aromatic hydroxyl groups is 1. The van der Waals surface area contributed by atoms with Crippen molar-refractivity contribution >= 4 is 23.0 Å². The van der Waals surface area contributed by atoms with Crippen LogP contribution in [0.3, 0.4) is 0 Å². The molecule has 1 aromatic heterocycles. The van der Waals surface area contributed by atoms with E-state index in [1.165, 1.54) is 24.1 Å². The Labute approximate surface area is 185 Å². The number of phenols is 1. The number of hydrogen-bond acceptors (Lipinski definition) is 6. The van der Waals surface area contributed by atoms with Gasteiger partial charge in [-0.1, -0.05) is 36.4 Å². The molecule has 0 radical (unpaired) electrons. The van der Waals surface area contributed by atoms with Gasteiger partial charge in [-0.25, -0.2) is 0 Å². The highest BCUT2D eigenvalue weighted by molar-refractivity contribution is 5.99. The number of carbonyl (C=O) groups excluding carboxylic acids is 1. The highest BCUT2D eigenvalue weighted by atomic mass is 16.3. The lowest BCUT2D eigenvalue weighted by Gasteiger charge is -2.22. The Morgan fingerprint density at radius 3 is 2.44 bits per heavy atom. The summed E-state index contributed by atoms with van der Waals surface area (Å²) in [5, 5.41) is 19.0. The number of nitrogens with one attached hydrogen (secondary N) is 3. The molecule has 0 saturated carbocycles. The first-order valence-electron chi connectivity index (χ1n) is 10.2. The summed E-state index contributed by atoms with van der Waals surface area (Å²) < 4.78 is 1.08. The lowest BCUT2D eigenvalue weighted by molar-refractivity contribution is 0.0752. The number of benzene rings is 2. The highest BCUT2D eigenvalue weighted by Gasteiger charge is 2.21. The monoisotopic (exact) mass is 437 g/mol. The summed E-state index contributed by atoms with van der Waals surface area (Å²) >= 11 is 0. The molecule has 0 atom stereocenters. The number of hydrogen-bond donors (Lipinski definition) is 4. The Balaban J connectivity index is 2.00. The van der Waals surface area contributed by atoms with E-state index < -0.39 is 11.1 Å². The minimum absolute atomic E-state index is 0.0514. The molecule has 0 aliphatic rings. The molecule has 1 amide bonds. The quantitative estimate of drug-likeness (QED) is 0.422. The Morgan fingerprint density at radius 2 is 1.78 bits per heavy atom. The van der Waals surface area contributed by atoms with Crippen LogP contribution in [0.2, 0.25) is 0 Å². The van der Waals surface area contributed by atoms with Crippen molar-refractivity contribution in [1.29, 1.82) is 0 Å². The maximum atomic E-state index is 12.7. The van der Waals surface area contributed by atoms with Gasteiger partial charge < -0.3 is 20.6 Å². The molecule has 3 aromatic rings. The van der Waals surface area contributed by atoms with Crippen molar-refractivity contribution in [1.82, 2.24) is 14.7 Å². The Kier molecular flexibility index (Phi) is 6.67. The summed E-state index contributed by atoms with van der Waals surface area (Å²) in [6.45, 7) is 4.04. The van der Waals surface area contributed by atoms with Crippen LogP contribution in [0.25, 0.3) is 0 Å². The Bertz CT molecular complexity index is 1230. The lowest BCUT2D eigenvalue weighted by Crippen LogP contribution is -2.33. The molecule has 4 N–H and O–H groups in total. The van der Waals surface area contributed by atoms with E-state index in [1.807, 2.05) is 44.2 Å². The van der Waals surface area contributed by atoms with Crippen LogP contribution < -0.4 is 21.8 Å². The van der Waals surface area contributed by atoms with E-state index >= 15 is 0 Å². The normalized spacial score (nSPS) is 10.8. The number of phenolic OH excluding ortho intramolecular Hbond substituents is 1. The highest BCUT2D eigenvalue weighted by Crippen LogP contribution is 2.31. The zero-order chi connectivity index (χ0) is 23.4. The molecule has 0 unspecified atom stereocenters. The number of H-pyrrole nitrogens is 1. The van der Waals surface area contributed by atoms with Crippen LogP contribution >= 0.6 is 0 Å². The Hall–Kier alpha value is -4.01. The van der Waals surface area contributed by atoms with Crippen LogP contribution in [0.1, 0.15) is 29.8 Å². The molecule has 1 heterocycles. The minimum atomic E-state index is -0.557. The van der Waals surface area contributed by atoms with Crippen LogP contribution in [-0.2, 0) is 13.6 Å². The van der Waals surface area contributed by atoms with Gasteiger partial charge >= 0.3 is 0 Å². The number of aromatic amines is 1. The molecule has 3 rings (SSSR count). The fourth-order valence-corrected chi connectivity index (χ4v) is 3.09. The fraction of sp³-hybridized carbons (Fsp3) is 0.261. The first kappa shape index (κ1) is 22.7. The van der Waals surface area contributed by atoms with Crippen molar-refractivity contribution in [3.05, 3.63) is 80.4 Å². The molecule has 9 heteroatoms. The minimum Gasteiger partial charge on any atom is -0.505 e. The average molecular weight is 438 g/mol. The molecule has 0 aliphatic carbocycles. The number of amides is 1. The summed E-state index contributed by atoms with van der Waals surface area (Å²) in [6.07, 6.45) is 0. The number of para-hydroxylation sites is 1. The fourth-order valence-electron chi connectivity index (χ4n) is 3.09. The van der Waals surface area contributed by atoms with E-state index in [0.29, 0.717) is 6.54 Å². The summed E-state index contributed by atoms with van der Waals surface area (Å²) in [5.41, 5.74) is 0.136. The topological polar surface area (TPSA) is 119 Å². The number of aromatic nitrogens is 2. The molecule has 0 spiro atoms. The standard InChI is InChI=1S/C23H27N5O4/c1-14(2)27(3)22(31)16-11-8-12-17(20(16)29)25-18-19(23(32)28(4)26-21(18)30)24-13-15-9-6-5-7-10-15/h5-12,14,24-25,29H,13H2,1-4H3,(H,26,30). The number of aryl methyl sites for hydroxylation is 1. The van der Waals surface area contributed by atoms with E-state index in [-0.39, 0.29) is 40.3 Å². The second-order valence-electron chi connectivity index (χ2n) is 7.73. The van der Waals surface area contributed by atoms with E-state index in [9.17, 15) is 19.5 Å². The summed E-state index contributed by atoms with van der Waals surface area (Å²) in [7, 11) is 3.09. The van der Waals surface area contributed by atoms with E-state index in [0.717, 1.165) is 10.2 Å². The number of rotatable bonds is 7. The zero-order valence-corrected chi connectivity index (χ0v) is 18.5. The third kappa shape index (κ3) is 4.66. The van der Waals surface area contributed by atoms with Gasteiger partial charge in [0.2, 0.25) is 0 Å². The van der Waals surface area contributed by atoms with Crippen LogP contribution in [-0.4, -0.2) is 38.8 Å². The number of carbonyl (C=O) groups is 1. The first-order valence-corrected chi connectivity index (χ1v) is 10.2. The van der Waals surface area contributed by atoms with Crippen molar-refractivity contribution in [3.63, 3.8) is 0 Å². The molecule has 0 fully saturated rings. The van der Waals surface area contributed by atoms with Crippen molar-refractivity contribution in [2.75, 3.05) is 17.7 Å². The molecule has 0 saturated heterocycles. The van der Waals surface area contributed by atoms with E-state index in [2.05, 4.69) is 15.7 Å². The zero-order valence-electron chi connectivity index (χ0n) is 18.5. The van der Waals surface area contributed by atoms with Gasteiger partial charge in [-0.15, -0.1) is 0 Å². The average Bonchev–Trinajstić information content (AvgIpc) is 2.77. The molecule has 0 bridgehead atoms. The smallest absolute Gasteiger partial charge is 0.290 e. The van der Waals surface area contributed by atoms with Crippen molar-refractivity contribution < 1.29 is 9.90 Å². The van der Waals surface area contributed by atoms with E-state index in [1.54, 1.807) is 13.1 Å². The predicted octanol–water partition coefficient (Wildman–Crippen LogP) is 2.62. The predicted molar refractivity (Wildman–Crippen MR) is 125 cm³/mol. The van der Waals surface area contributed by atoms with Crippen LogP contribution in [0, 0.1) is 0 Å².